The lowest BCUT2D eigenvalue weighted by Gasteiger charge is -2.25. The normalized spacial score (nSPS) is 25.9. The molecule has 1 saturated heterocycles. The predicted octanol–water partition coefficient (Wildman–Crippen LogP) is 2.33. The van der Waals surface area contributed by atoms with Crippen LogP contribution in [0.15, 0.2) is 30.3 Å². The lowest BCUT2D eigenvalue weighted by Crippen LogP contribution is -2.38. The molecule has 1 aromatic rings. The highest BCUT2D eigenvalue weighted by Gasteiger charge is 2.47. The highest BCUT2D eigenvalue weighted by atomic mass is 19.1. The Morgan fingerprint density at radius 3 is 2.72 bits per heavy atom. The zero-order valence-corrected chi connectivity index (χ0v) is 10.7. The summed E-state index contributed by atoms with van der Waals surface area (Å²) in [4.78, 5) is 13.4. The third-order valence-corrected chi connectivity index (χ3v) is 3.63. The number of nitrogens with zero attached hydrogens (tertiary/aromatic N) is 1. The molecule has 0 unspecified atom stereocenters. The van der Waals surface area contributed by atoms with Crippen LogP contribution in [0, 0.1) is 0 Å². The van der Waals surface area contributed by atoms with Gasteiger partial charge in [-0.3, -0.25) is 4.90 Å². The third-order valence-electron chi connectivity index (χ3n) is 3.63. The van der Waals surface area contributed by atoms with Crippen molar-refractivity contribution in [2.45, 2.75) is 25.1 Å². The smallest absolute Gasteiger partial charge is 0.345 e. The number of ether oxygens (including phenoxy) is 1. The van der Waals surface area contributed by atoms with Gasteiger partial charge in [-0.05, 0) is 12.5 Å². The second-order valence-electron chi connectivity index (χ2n) is 4.76. The van der Waals surface area contributed by atoms with Gasteiger partial charge in [-0.25, -0.2) is 9.18 Å². The molecule has 4 heteroatoms. The summed E-state index contributed by atoms with van der Waals surface area (Å²) in [5.41, 5.74) is -0.718. The molecule has 1 aliphatic heterocycles. The maximum absolute atomic E-state index is 14.3. The van der Waals surface area contributed by atoms with Gasteiger partial charge in [0.1, 0.15) is 0 Å². The number of carbonyl (C=O) groups excluding carboxylic acids is 1. The fourth-order valence-electron chi connectivity index (χ4n) is 2.42. The fourth-order valence-corrected chi connectivity index (χ4v) is 2.42. The fraction of sp³-hybridized carbons (Fsp3) is 0.500. The summed E-state index contributed by atoms with van der Waals surface area (Å²) in [5, 5.41) is 0. The van der Waals surface area contributed by atoms with E-state index in [2.05, 4.69) is 4.74 Å². The van der Waals surface area contributed by atoms with E-state index in [4.69, 9.17) is 0 Å². The number of benzene rings is 1. The minimum Gasteiger partial charge on any atom is -0.467 e. The number of esters is 1. The topological polar surface area (TPSA) is 29.5 Å². The van der Waals surface area contributed by atoms with E-state index in [-0.39, 0.29) is 19.0 Å². The van der Waals surface area contributed by atoms with E-state index in [1.54, 1.807) is 0 Å². The number of methoxy groups -OCH3 is 1. The van der Waals surface area contributed by atoms with E-state index in [1.165, 1.54) is 7.11 Å². The maximum Gasteiger partial charge on any atom is 0.345 e. The largest absolute Gasteiger partial charge is 0.467 e. The molecule has 0 aliphatic carbocycles. The summed E-state index contributed by atoms with van der Waals surface area (Å²) < 4.78 is 18.8. The van der Waals surface area contributed by atoms with Crippen molar-refractivity contribution in [1.29, 1.82) is 0 Å². The van der Waals surface area contributed by atoms with Gasteiger partial charge in [0, 0.05) is 25.6 Å². The number of hydrogen-bond acceptors (Lipinski definition) is 3. The molecule has 0 spiro atoms. The van der Waals surface area contributed by atoms with Gasteiger partial charge in [-0.15, -0.1) is 0 Å². The second-order valence-corrected chi connectivity index (χ2v) is 4.76. The Morgan fingerprint density at radius 2 is 2.11 bits per heavy atom. The van der Waals surface area contributed by atoms with Crippen LogP contribution in [0.1, 0.15) is 24.9 Å². The van der Waals surface area contributed by atoms with Crippen LogP contribution in [0.2, 0.25) is 0 Å². The van der Waals surface area contributed by atoms with Crippen LogP contribution in [-0.2, 0) is 9.53 Å². The van der Waals surface area contributed by atoms with Gasteiger partial charge in [-0.1, -0.05) is 30.3 Å². The molecule has 0 bridgehead atoms. The Morgan fingerprint density at radius 1 is 1.44 bits per heavy atom. The summed E-state index contributed by atoms with van der Waals surface area (Å²) in [6.45, 7) is 2.70. The summed E-state index contributed by atoms with van der Waals surface area (Å²) in [6, 6.07) is 10.0. The molecule has 98 valence electrons. The standard InChI is InChI=1S/C14H18FNO2/c1-11(12-6-4-3-5-7-12)16-9-8-14(15,10-16)13(17)18-2/h3-7,11H,8-10H2,1-2H3/t11-,14+/m0/s1. The average Bonchev–Trinajstić information content (AvgIpc) is 2.82. The minimum atomic E-state index is -1.85. The third kappa shape index (κ3) is 2.38. The number of rotatable bonds is 3. The first-order valence-corrected chi connectivity index (χ1v) is 6.13. The Balaban J connectivity index is 2.07. The molecule has 0 amide bonds. The molecule has 0 saturated carbocycles. The molecule has 3 nitrogen and oxygen atoms in total. The van der Waals surface area contributed by atoms with Gasteiger partial charge < -0.3 is 4.74 Å². The molecule has 1 aromatic carbocycles. The van der Waals surface area contributed by atoms with Gasteiger partial charge in [0.2, 0.25) is 5.67 Å². The Labute approximate surface area is 107 Å². The van der Waals surface area contributed by atoms with E-state index in [0.717, 1.165) is 5.56 Å². The number of carbonyl (C=O) groups is 1. The first-order valence-electron chi connectivity index (χ1n) is 6.13. The van der Waals surface area contributed by atoms with E-state index in [9.17, 15) is 9.18 Å². The highest BCUT2D eigenvalue weighted by Crippen LogP contribution is 2.32. The van der Waals surface area contributed by atoms with Crippen molar-refractivity contribution in [2.75, 3.05) is 20.2 Å². The molecule has 2 atom stereocenters. The molecule has 0 aromatic heterocycles. The number of likely N-dealkylation sites (tertiary alicyclic amines) is 1. The lowest BCUT2D eigenvalue weighted by atomic mass is 10.1. The van der Waals surface area contributed by atoms with E-state index in [0.29, 0.717) is 6.54 Å². The van der Waals surface area contributed by atoms with Crippen molar-refractivity contribution in [3.63, 3.8) is 0 Å². The molecule has 18 heavy (non-hydrogen) atoms. The van der Waals surface area contributed by atoms with Crippen LogP contribution >= 0.6 is 0 Å². The van der Waals surface area contributed by atoms with Gasteiger partial charge in [-0.2, -0.15) is 0 Å². The number of hydrogen-bond donors (Lipinski definition) is 0. The zero-order chi connectivity index (χ0) is 13.2. The Bertz CT molecular complexity index is 423. The predicted molar refractivity (Wildman–Crippen MR) is 66.9 cm³/mol. The number of halogens is 1. The van der Waals surface area contributed by atoms with Crippen molar-refractivity contribution >= 4 is 5.97 Å². The molecule has 1 heterocycles. The summed E-state index contributed by atoms with van der Waals surface area (Å²) in [5.74, 6) is -0.759. The molecular formula is C14H18FNO2. The van der Waals surface area contributed by atoms with Gasteiger partial charge in [0.05, 0.1) is 7.11 Å². The Kier molecular flexibility index (Phi) is 3.66. The van der Waals surface area contributed by atoms with Crippen molar-refractivity contribution < 1.29 is 13.9 Å². The van der Waals surface area contributed by atoms with Crippen molar-refractivity contribution in [3.8, 4) is 0 Å². The zero-order valence-electron chi connectivity index (χ0n) is 10.7. The summed E-state index contributed by atoms with van der Waals surface area (Å²) in [7, 11) is 1.23. The summed E-state index contributed by atoms with van der Waals surface area (Å²) >= 11 is 0. The quantitative estimate of drug-likeness (QED) is 0.772. The molecule has 1 fully saturated rings. The van der Waals surface area contributed by atoms with Crippen LogP contribution in [0.3, 0.4) is 0 Å². The molecule has 1 aliphatic rings. The van der Waals surface area contributed by atoms with Crippen LogP contribution in [0.25, 0.3) is 0 Å². The van der Waals surface area contributed by atoms with Crippen molar-refractivity contribution in [2.24, 2.45) is 0 Å². The Hall–Kier alpha value is -1.42. The van der Waals surface area contributed by atoms with E-state index >= 15 is 0 Å². The van der Waals surface area contributed by atoms with Crippen LogP contribution < -0.4 is 0 Å². The maximum atomic E-state index is 14.3. The first kappa shape index (κ1) is 13.0. The van der Waals surface area contributed by atoms with Gasteiger partial charge in [0.25, 0.3) is 0 Å². The van der Waals surface area contributed by atoms with E-state index in [1.807, 2.05) is 42.2 Å². The van der Waals surface area contributed by atoms with Crippen LogP contribution in [0.5, 0.6) is 0 Å². The van der Waals surface area contributed by atoms with Crippen molar-refractivity contribution in [1.82, 2.24) is 4.90 Å². The highest BCUT2D eigenvalue weighted by molar-refractivity contribution is 5.80. The van der Waals surface area contributed by atoms with E-state index < -0.39 is 11.6 Å². The SMILES string of the molecule is COC(=O)[C@@]1(F)CCN([C@@H](C)c2ccccc2)C1. The van der Waals surface area contributed by atoms with Crippen LogP contribution in [-0.4, -0.2) is 36.7 Å². The van der Waals surface area contributed by atoms with Gasteiger partial charge in [0.15, 0.2) is 0 Å². The molecular weight excluding hydrogens is 233 g/mol. The molecule has 0 N–H and O–H groups in total. The van der Waals surface area contributed by atoms with Crippen LogP contribution in [0.4, 0.5) is 4.39 Å². The monoisotopic (exact) mass is 251 g/mol. The number of alkyl halides is 1. The lowest BCUT2D eigenvalue weighted by molar-refractivity contribution is -0.153. The summed E-state index contributed by atoms with van der Waals surface area (Å²) in [6.07, 6.45) is 0.205. The minimum absolute atomic E-state index is 0.105. The molecule has 2 rings (SSSR count). The van der Waals surface area contributed by atoms with Gasteiger partial charge >= 0.3 is 5.97 Å². The average molecular weight is 251 g/mol. The molecule has 0 radical (unpaired) electrons. The van der Waals surface area contributed by atoms with Crippen molar-refractivity contribution in [3.05, 3.63) is 35.9 Å². The second kappa shape index (κ2) is 5.06. The first-order chi connectivity index (χ1) is 8.57.